The lowest BCUT2D eigenvalue weighted by Crippen LogP contribution is -1.88. The largest absolute Gasteiger partial charge is 0.390 e. The quantitative estimate of drug-likeness (QED) is 0.616. The van der Waals surface area contributed by atoms with Crippen LogP contribution in [-0.2, 0) is 11.4 Å². The third kappa shape index (κ3) is 3.97. The lowest BCUT2D eigenvalue weighted by Gasteiger charge is -1.99. The van der Waals surface area contributed by atoms with Crippen LogP contribution in [0.4, 0.5) is 0 Å². The van der Waals surface area contributed by atoms with E-state index in [0.29, 0.717) is 12.2 Å². The van der Waals surface area contributed by atoms with Crippen LogP contribution in [0.15, 0.2) is 53.7 Å². The maximum atomic E-state index is 8.68. The van der Waals surface area contributed by atoms with Gasteiger partial charge in [0.15, 0.2) is 0 Å². The first kappa shape index (κ1) is 12.8. The van der Waals surface area contributed by atoms with Gasteiger partial charge in [0.1, 0.15) is 12.8 Å². The summed E-state index contributed by atoms with van der Waals surface area (Å²) in [6, 6.07) is 17.1. The first-order chi connectivity index (χ1) is 9.28. The zero-order valence-corrected chi connectivity index (χ0v) is 10.6. The summed E-state index contributed by atoms with van der Waals surface area (Å²) in [7, 11) is 0. The van der Waals surface area contributed by atoms with Gasteiger partial charge in [0, 0.05) is 5.56 Å². The highest BCUT2D eigenvalue weighted by atomic mass is 16.6. The second kappa shape index (κ2) is 6.36. The van der Waals surface area contributed by atoms with Crippen LogP contribution < -0.4 is 0 Å². The van der Waals surface area contributed by atoms with E-state index in [-0.39, 0.29) is 0 Å². The average molecular weight is 249 g/mol. The summed E-state index contributed by atoms with van der Waals surface area (Å²) in [5, 5.41) is 12.5. The summed E-state index contributed by atoms with van der Waals surface area (Å²) in [6.07, 6.45) is 2.82. The smallest absolute Gasteiger partial charge is 0.142 e. The van der Waals surface area contributed by atoms with Crippen LogP contribution in [0.1, 0.15) is 22.3 Å². The fraction of sp³-hybridized carbons (Fsp3) is 0.125. The van der Waals surface area contributed by atoms with Crippen molar-refractivity contribution in [2.75, 3.05) is 0 Å². The third-order valence-electron chi connectivity index (χ3n) is 2.61. The molecule has 3 heteroatoms. The lowest BCUT2D eigenvalue weighted by atomic mass is 10.2. The molecule has 2 rings (SSSR count). The molecule has 0 saturated carbocycles. The molecule has 0 fully saturated rings. The number of nitrogens with zero attached hydrogens (tertiary/aromatic N) is 2. The van der Waals surface area contributed by atoms with E-state index in [9.17, 15) is 0 Å². The van der Waals surface area contributed by atoms with Crippen LogP contribution in [0.25, 0.3) is 0 Å². The van der Waals surface area contributed by atoms with Crippen molar-refractivity contribution < 1.29 is 4.84 Å². The molecular weight excluding hydrogens is 236 g/mol. The number of benzene rings is 2. The van der Waals surface area contributed by atoms with Gasteiger partial charge in [-0.05, 0) is 24.6 Å². The normalized spacial score (nSPS) is 10.3. The Morgan fingerprint density at radius 1 is 1.00 bits per heavy atom. The Morgan fingerprint density at radius 2 is 1.63 bits per heavy atom. The molecule has 0 unspecified atom stereocenters. The molecule has 0 aliphatic heterocycles. The van der Waals surface area contributed by atoms with Gasteiger partial charge in [-0.25, -0.2) is 0 Å². The Hall–Kier alpha value is -2.60. The zero-order valence-electron chi connectivity index (χ0n) is 10.6. The number of hydrogen-bond donors (Lipinski definition) is 0. The second-order valence-corrected chi connectivity index (χ2v) is 4.15. The Kier molecular flexibility index (Phi) is 4.30. The van der Waals surface area contributed by atoms with Crippen LogP contribution in [0.5, 0.6) is 0 Å². The van der Waals surface area contributed by atoms with Crippen LogP contribution in [0.2, 0.25) is 0 Å². The van der Waals surface area contributed by atoms with Gasteiger partial charge >= 0.3 is 0 Å². The van der Waals surface area contributed by atoms with Crippen molar-refractivity contribution in [3.05, 3.63) is 70.8 Å². The molecule has 0 heterocycles. The molecule has 2 aromatic rings. The van der Waals surface area contributed by atoms with Crippen LogP contribution in [0.3, 0.4) is 0 Å². The van der Waals surface area contributed by atoms with Gasteiger partial charge < -0.3 is 4.84 Å². The Morgan fingerprint density at radius 3 is 2.26 bits per heavy atom. The van der Waals surface area contributed by atoms with Gasteiger partial charge in [-0.15, -0.1) is 0 Å². The highest BCUT2D eigenvalue weighted by Gasteiger charge is 1.94. The van der Waals surface area contributed by atoms with Crippen molar-refractivity contribution in [3.8, 4) is 6.07 Å². The van der Waals surface area contributed by atoms with Gasteiger partial charge in [-0.2, -0.15) is 5.26 Å². The standard InChI is InChI=1S/C16H13N2O/c1-13-2-4-15(5-3-13)11-18-19-12-16-8-6-14(10-17)7-9-16/h2-9H,12H2,1H3. The van der Waals surface area contributed by atoms with Crippen LogP contribution in [0, 0.1) is 18.3 Å². The third-order valence-corrected chi connectivity index (χ3v) is 2.61. The number of nitriles is 1. The fourth-order valence-electron chi connectivity index (χ4n) is 1.50. The SMILES string of the molecule is Cc1ccc(/[C]=N\OCc2ccc(C#N)cc2)cc1. The lowest BCUT2D eigenvalue weighted by molar-refractivity contribution is 0.132. The van der Waals surface area contributed by atoms with Crippen molar-refractivity contribution in [1.29, 1.82) is 5.26 Å². The first-order valence-electron chi connectivity index (χ1n) is 5.91. The van der Waals surface area contributed by atoms with Gasteiger partial charge in [0.25, 0.3) is 0 Å². The number of aryl methyl sites for hydroxylation is 1. The topological polar surface area (TPSA) is 45.4 Å². The number of hydrogen-bond acceptors (Lipinski definition) is 3. The Bertz CT molecular complexity index is 592. The molecule has 3 nitrogen and oxygen atoms in total. The van der Waals surface area contributed by atoms with E-state index >= 15 is 0 Å². The molecule has 2 aromatic carbocycles. The average Bonchev–Trinajstić information content (AvgIpc) is 2.46. The first-order valence-corrected chi connectivity index (χ1v) is 5.91. The Labute approximate surface area is 112 Å². The number of rotatable bonds is 4. The molecular formula is C16H13N2O. The minimum absolute atomic E-state index is 0.366. The molecule has 93 valence electrons. The minimum Gasteiger partial charge on any atom is -0.390 e. The van der Waals surface area contributed by atoms with E-state index in [1.165, 1.54) is 5.56 Å². The fourth-order valence-corrected chi connectivity index (χ4v) is 1.50. The van der Waals surface area contributed by atoms with Gasteiger partial charge in [0.05, 0.1) is 11.6 Å². The van der Waals surface area contributed by atoms with Crippen molar-refractivity contribution in [1.82, 2.24) is 0 Å². The highest BCUT2D eigenvalue weighted by molar-refractivity contribution is 5.79. The summed E-state index contributed by atoms with van der Waals surface area (Å²) in [4.78, 5) is 5.16. The molecule has 0 amide bonds. The maximum absolute atomic E-state index is 8.68. The van der Waals surface area contributed by atoms with Gasteiger partial charge in [-0.3, -0.25) is 0 Å². The van der Waals surface area contributed by atoms with Gasteiger partial charge in [-0.1, -0.05) is 47.1 Å². The minimum atomic E-state index is 0.366. The molecule has 0 aromatic heterocycles. The van der Waals surface area contributed by atoms with Crippen molar-refractivity contribution in [2.45, 2.75) is 13.5 Å². The molecule has 0 N–H and O–H groups in total. The molecule has 1 radical (unpaired) electrons. The van der Waals surface area contributed by atoms with E-state index in [1.54, 1.807) is 12.1 Å². The maximum Gasteiger partial charge on any atom is 0.142 e. The molecule has 0 saturated heterocycles. The van der Waals surface area contributed by atoms with E-state index < -0.39 is 0 Å². The molecule has 0 atom stereocenters. The van der Waals surface area contributed by atoms with Crippen molar-refractivity contribution >= 4 is 6.21 Å². The Balaban J connectivity index is 1.85. The predicted molar refractivity (Wildman–Crippen MR) is 73.7 cm³/mol. The van der Waals surface area contributed by atoms with E-state index in [1.807, 2.05) is 43.3 Å². The molecule has 19 heavy (non-hydrogen) atoms. The highest BCUT2D eigenvalue weighted by Crippen LogP contribution is 2.05. The molecule has 0 aliphatic rings. The molecule has 0 spiro atoms. The van der Waals surface area contributed by atoms with Crippen LogP contribution >= 0.6 is 0 Å². The van der Waals surface area contributed by atoms with Crippen molar-refractivity contribution in [2.24, 2.45) is 5.16 Å². The summed E-state index contributed by atoms with van der Waals surface area (Å²) >= 11 is 0. The summed E-state index contributed by atoms with van der Waals surface area (Å²) in [6.45, 7) is 2.40. The van der Waals surface area contributed by atoms with Crippen LogP contribution in [-0.4, -0.2) is 6.21 Å². The van der Waals surface area contributed by atoms with Gasteiger partial charge in [0.2, 0.25) is 0 Å². The second-order valence-electron chi connectivity index (χ2n) is 4.15. The summed E-state index contributed by atoms with van der Waals surface area (Å²) in [5.74, 6) is 0. The predicted octanol–water partition coefficient (Wildman–Crippen LogP) is 3.29. The van der Waals surface area contributed by atoms with E-state index in [0.717, 1.165) is 11.1 Å². The monoisotopic (exact) mass is 249 g/mol. The molecule has 0 bridgehead atoms. The van der Waals surface area contributed by atoms with E-state index in [4.69, 9.17) is 10.1 Å². The van der Waals surface area contributed by atoms with E-state index in [2.05, 4.69) is 17.4 Å². The molecule has 0 aliphatic carbocycles. The zero-order chi connectivity index (χ0) is 13.5. The summed E-state index contributed by atoms with van der Waals surface area (Å²) in [5.41, 5.74) is 3.68. The van der Waals surface area contributed by atoms with Crippen molar-refractivity contribution in [3.63, 3.8) is 0 Å². The summed E-state index contributed by atoms with van der Waals surface area (Å²) < 4.78 is 0.